The van der Waals surface area contributed by atoms with Gasteiger partial charge in [-0.25, -0.2) is 0 Å². The Morgan fingerprint density at radius 1 is 1.39 bits per heavy atom. The number of hydrogen-bond donors (Lipinski definition) is 0. The molecule has 2 aromatic rings. The molecule has 1 aromatic carbocycles. The van der Waals surface area contributed by atoms with Gasteiger partial charge >= 0.3 is 6.01 Å². The van der Waals surface area contributed by atoms with E-state index < -0.39 is 0 Å². The quantitative estimate of drug-likeness (QED) is 0.718. The summed E-state index contributed by atoms with van der Waals surface area (Å²) in [6.07, 6.45) is 3.69. The summed E-state index contributed by atoms with van der Waals surface area (Å²) in [5.74, 6) is 0.351. The maximum absolute atomic E-state index is 12.5. The topological polar surface area (TPSA) is 57.0 Å². The van der Waals surface area contributed by atoms with Gasteiger partial charge in [-0.15, -0.1) is 5.10 Å². The van der Waals surface area contributed by atoms with Crippen molar-refractivity contribution in [1.29, 1.82) is 0 Å². The van der Waals surface area contributed by atoms with Crippen LogP contribution in [0.3, 0.4) is 0 Å². The average molecular weight is 354 g/mol. The van der Waals surface area contributed by atoms with Crippen molar-refractivity contribution in [2.45, 2.75) is 32.6 Å². The largest absolute Gasteiger partial charge is 0.462 e. The van der Waals surface area contributed by atoms with Crippen molar-refractivity contribution >= 4 is 29.1 Å². The molecule has 1 fully saturated rings. The molecule has 1 aromatic heterocycles. The van der Waals surface area contributed by atoms with Gasteiger partial charge in [-0.1, -0.05) is 36.5 Å². The Balaban J connectivity index is 1.97. The lowest BCUT2D eigenvalue weighted by Crippen LogP contribution is -2.16. The minimum Gasteiger partial charge on any atom is -0.462 e. The summed E-state index contributed by atoms with van der Waals surface area (Å²) in [6, 6.07) is 5.27. The van der Waals surface area contributed by atoms with Crippen LogP contribution in [-0.4, -0.2) is 27.3 Å². The van der Waals surface area contributed by atoms with Gasteiger partial charge in [0.25, 0.3) is 5.91 Å². The van der Waals surface area contributed by atoms with Crippen LogP contribution < -0.4 is 4.74 Å². The number of rotatable bonds is 6. The first-order chi connectivity index (χ1) is 11.1. The molecule has 0 aliphatic heterocycles. The molecule has 0 atom stereocenters. The van der Waals surface area contributed by atoms with Crippen molar-refractivity contribution in [3.8, 4) is 17.4 Å². The molecular formula is C16H17Cl2N3O2. The Labute approximate surface area is 144 Å². The molecule has 0 amide bonds. The lowest BCUT2D eigenvalue weighted by molar-refractivity contribution is 0.0869. The molecule has 5 nitrogen and oxygen atoms in total. The molecule has 0 saturated heterocycles. The van der Waals surface area contributed by atoms with E-state index in [1.54, 1.807) is 18.2 Å². The second-order valence-corrected chi connectivity index (χ2v) is 6.41. The molecule has 3 rings (SSSR count). The lowest BCUT2D eigenvalue weighted by atomic mass is 10.2. The van der Waals surface area contributed by atoms with E-state index in [2.05, 4.69) is 17.0 Å². The van der Waals surface area contributed by atoms with E-state index in [1.807, 2.05) is 0 Å². The van der Waals surface area contributed by atoms with E-state index >= 15 is 0 Å². The van der Waals surface area contributed by atoms with E-state index in [1.165, 1.54) is 4.68 Å². The molecule has 1 aliphatic rings. The van der Waals surface area contributed by atoms with Crippen molar-refractivity contribution in [2.75, 3.05) is 6.61 Å². The number of nitrogens with zero attached hydrogens (tertiary/aromatic N) is 3. The van der Waals surface area contributed by atoms with Crippen LogP contribution in [0.4, 0.5) is 0 Å². The Kier molecular flexibility index (Phi) is 4.87. The van der Waals surface area contributed by atoms with Crippen molar-refractivity contribution in [1.82, 2.24) is 14.8 Å². The number of unbranched alkanes of at least 4 members (excludes halogenated alkanes) is 1. The predicted octanol–water partition coefficient (Wildman–Crippen LogP) is 4.48. The summed E-state index contributed by atoms with van der Waals surface area (Å²) in [4.78, 5) is 16.8. The normalized spacial score (nSPS) is 14.0. The van der Waals surface area contributed by atoms with E-state index in [0.717, 1.165) is 25.7 Å². The standard InChI is InChI=1S/C16H17Cl2N3O2/c1-2-3-8-23-16-19-14(12-7-6-11(17)9-13(12)18)21(20-16)15(22)10-4-5-10/h6-7,9-10H,2-5,8H2,1H3. The van der Waals surface area contributed by atoms with Crippen LogP contribution in [0.25, 0.3) is 11.4 Å². The van der Waals surface area contributed by atoms with Crippen LogP contribution in [0.5, 0.6) is 6.01 Å². The fourth-order valence-corrected chi connectivity index (χ4v) is 2.66. The molecule has 7 heteroatoms. The average Bonchev–Trinajstić information content (AvgIpc) is 3.28. The van der Waals surface area contributed by atoms with Gasteiger partial charge in [-0.2, -0.15) is 9.67 Å². The van der Waals surface area contributed by atoms with Crippen molar-refractivity contribution < 1.29 is 9.53 Å². The van der Waals surface area contributed by atoms with E-state index in [4.69, 9.17) is 27.9 Å². The van der Waals surface area contributed by atoms with E-state index in [9.17, 15) is 4.79 Å². The fourth-order valence-electron chi connectivity index (χ4n) is 2.16. The minimum atomic E-state index is -0.0659. The molecule has 0 unspecified atom stereocenters. The SMILES string of the molecule is CCCCOc1nc(-c2ccc(Cl)cc2Cl)n(C(=O)C2CC2)n1. The summed E-state index contributed by atoms with van der Waals surface area (Å²) < 4.78 is 6.85. The number of benzene rings is 1. The van der Waals surface area contributed by atoms with Crippen molar-refractivity contribution in [3.63, 3.8) is 0 Å². The van der Waals surface area contributed by atoms with Crippen molar-refractivity contribution in [2.24, 2.45) is 5.92 Å². The van der Waals surface area contributed by atoms with Gasteiger partial charge in [-0.05, 0) is 37.5 Å². The third kappa shape index (κ3) is 3.67. The van der Waals surface area contributed by atoms with Crippen LogP contribution in [0.1, 0.15) is 37.4 Å². The Morgan fingerprint density at radius 2 is 2.17 bits per heavy atom. The van der Waals surface area contributed by atoms with Gasteiger partial charge in [0.1, 0.15) is 0 Å². The Bertz CT molecular complexity index is 726. The second-order valence-electron chi connectivity index (χ2n) is 5.57. The first kappa shape index (κ1) is 16.3. The number of ether oxygens (including phenoxy) is 1. The maximum atomic E-state index is 12.5. The summed E-state index contributed by atoms with van der Waals surface area (Å²) in [7, 11) is 0. The van der Waals surface area contributed by atoms with Gasteiger partial charge in [0.05, 0.1) is 11.6 Å². The number of aromatic nitrogens is 3. The molecule has 1 heterocycles. The molecular weight excluding hydrogens is 337 g/mol. The van der Waals surface area contributed by atoms with Gasteiger partial charge in [0, 0.05) is 16.5 Å². The third-order valence-corrected chi connectivity index (χ3v) is 4.17. The molecule has 1 saturated carbocycles. The number of carbonyl (C=O) groups excluding carboxylic acids is 1. The van der Waals surface area contributed by atoms with Crippen LogP contribution >= 0.6 is 23.2 Å². The van der Waals surface area contributed by atoms with Gasteiger partial charge in [0.15, 0.2) is 5.82 Å². The van der Waals surface area contributed by atoms with Gasteiger partial charge < -0.3 is 4.74 Å². The highest BCUT2D eigenvalue weighted by Crippen LogP contribution is 2.34. The van der Waals surface area contributed by atoms with E-state index in [-0.39, 0.29) is 17.8 Å². The third-order valence-electron chi connectivity index (χ3n) is 3.62. The number of carbonyl (C=O) groups is 1. The summed E-state index contributed by atoms with van der Waals surface area (Å²) >= 11 is 12.2. The first-order valence-electron chi connectivity index (χ1n) is 7.69. The monoisotopic (exact) mass is 353 g/mol. The van der Waals surface area contributed by atoms with Crippen LogP contribution in [0.2, 0.25) is 10.0 Å². The van der Waals surface area contributed by atoms with Crippen molar-refractivity contribution in [3.05, 3.63) is 28.2 Å². The zero-order chi connectivity index (χ0) is 16.4. The zero-order valence-electron chi connectivity index (χ0n) is 12.8. The predicted molar refractivity (Wildman–Crippen MR) is 89.2 cm³/mol. The van der Waals surface area contributed by atoms with E-state index in [0.29, 0.717) is 28.0 Å². The smallest absolute Gasteiger partial charge is 0.336 e. The Morgan fingerprint density at radius 3 is 2.83 bits per heavy atom. The Hall–Kier alpha value is -1.59. The molecule has 0 N–H and O–H groups in total. The highest BCUT2D eigenvalue weighted by molar-refractivity contribution is 6.36. The molecule has 0 bridgehead atoms. The number of hydrogen-bond acceptors (Lipinski definition) is 4. The summed E-state index contributed by atoms with van der Waals surface area (Å²) in [5, 5.41) is 5.18. The number of halogens is 2. The van der Waals surface area contributed by atoms with Crippen LogP contribution in [0, 0.1) is 5.92 Å². The van der Waals surface area contributed by atoms with Crippen LogP contribution in [0.15, 0.2) is 18.2 Å². The van der Waals surface area contributed by atoms with Gasteiger partial charge in [-0.3, -0.25) is 4.79 Å². The molecule has 23 heavy (non-hydrogen) atoms. The molecule has 122 valence electrons. The highest BCUT2D eigenvalue weighted by Gasteiger charge is 2.34. The highest BCUT2D eigenvalue weighted by atomic mass is 35.5. The second kappa shape index (κ2) is 6.89. The molecule has 0 spiro atoms. The summed E-state index contributed by atoms with van der Waals surface area (Å²) in [6.45, 7) is 2.59. The zero-order valence-corrected chi connectivity index (χ0v) is 14.3. The lowest BCUT2D eigenvalue weighted by Gasteiger charge is -2.05. The maximum Gasteiger partial charge on any atom is 0.336 e. The van der Waals surface area contributed by atoms with Gasteiger partial charge in [0.2, 0.25) is 0 Å². The fraction of sp³-hybridized carbons (Fsp3) is 0.438. The molecule has 1 aliphatic carbocycles. The minimum absolute atomic E-state index is 0.0185. The first-order valence-corrected chi connectivity index (χ1v) is 8.45. The molecule has 0 radical (unpaired) electrons. The van der Waals surface area contributed by atoms with Crippen LogP contribution in [-0.2, 0) is 0 Å². The summed E-state index contributed by atoms with van der Waals surface area (Å²) in [5.41, 5.74) is 0.614.